The number of carbonyl (C=O) groups is 2. The van der Waals surface area contributed by atoms with Crippen molar-refractivity contribution in [2.75, 3.05) is 20.1 Å². The number of aromatic amines is 1. The Morgan fingerprint density at radius 2 is 2.00 bits per heavy atom. The SMILES string of the molecule is CCN(C)C(=O)c1c2c(cn(CCc3ccccc3)c1=O)CN(C(=O)c1cn[nH]c1)CC2. The molecule has 3 aromatic rings. The van der Waals surface area contributed by atoms with Crippen LogP contribution in [0, 0.1) is 0 Å². The highest BCUT2D eigenvalue weighted by Crippen LogP contribution is 2.23. The Hall–Kier alpha value is -3.68. The molecular formula is C24H27N5O3. The molecule has 1 aromatic carbocycles. The number of hydrogen-bond acceptors (Lipinski definition) is 4. The number of nitrogens with one attached hydrogen (secondary N) is 1. The van der Waals surface area contributed by atoms with Gasteiger partial charge in [0, 0.05) is 45.6 Å². The van der Waals surface area contributed by atoms with Crippen molar-refractivity contribution in [2.24, 2.45) is 0 Å². The third-order valence-corrected chi connectivity index (χ3v) is 6.02. The summed E-state index contributed by atoms with van der Waals surface area (Å²) in [6.45, 7) is 3.65. The maximum atomic E-state index is 13.3. The number of fused-ring (bicyclic) bond motifs is 1. The number of nitrogens with zero attached hydrogens (tertiary/aromatic N) is 4. The van der Waals surface area contributed by atoms with Gasteiger partial charge in [-0.25, -0.2) is 0 Å². The van der Waals surface area contributed by atoms with Gasteiger partial charge in [0.15, 0.2) is 0 Å². The second-order valence-corrected chi connectivity index (χ2v) is 8.03. The van der Waals surface area contributed by atoms with Gasteiger partial charge < -0.3 is 14.4 Å². The highest BCUT2D eigenvalue weighted by Gasteiger charge is 2.29. The topological polar surface area (TPSA) is 91.3 Å². The fourth-order valence-corrected chi connectivity index (χ4v) is 4.05. The van der Waals surface area contributed by atoms with Gasteiger partial charge in [0.2, 0.25) is 0 Å². The van der Waals surface area contributed by atoms with Gasteiger partial charge in [-0.3, -0.25) is 19.5 Å². The van der Waals surface area contributed by atoms with E-state index in [2.05, 4.69) is 10.2 Å². The lowest BCUT2D eigenvalue weighted by Gasteiger charge is -2.31. The first-order valence-corrected chi connectivity index (χ1v) is 10.8. The van der Waals surface area contributed by atoms with E-state index in [-0.39, 0.29) is 22.9 Å². The number of benzene rings is 1. The van der Waals surface area contributed by atoms with Gasteiger partial charge >= 0.3 is 0 Å². The Kier molecular flexibility index (Phi) is 6.20. The minimum absolute atomic E-state index is 0.120. The third-order valence-electron chi connectivity index (χ3n) is 6.02. The van der Waals surface area contributed by atoms with Crippen LogP contribution in [0.4, 0.5) is 0 Å². The quantitative estimate of drug-likeness (QED) is 0.645. The van der Waals surface area contributed by atoms with E-state index >= 15 is 0 Å². The molecule has 0 unspecified atom stereocenters. The summed E-state index contributed by atoms with van der Waals surface area (Å²) in [4.78, 5) is 42.6. The molecule has 2 aromatic heterocycles. The van der Waals surface area contributed by atoms with Gasteiger partial charge in [0.25, 0.3) is 17.4 Å². The van der Waals surface area contributed by atoms with E-state index in [0.717, 1.165) is 16.7 Å². The van der Waals surface area contributed by atoms with Crippen LogP contribution in [0.5, 0.6) is 0 Å². The molecule has 0 radical (unpaired) electrons. The number of hydrogen-bond donors (Lipinski definition) is 1. The molecule has 8 nitrogen and oxygen atoms in total. The van der Waals surface area contributed by atoms with E-state index in [1.807, 2.05) is 43.5 Å². The molecule has 166 valence electrons. The number of rotatable bonds is 6. The van der Waals surface area contributed by atoms with E-state index in [9.17, 15) is 14.4 Å². The Bertz CT molecular complexity index is 1170. The van der Waals surface area contributed by atoms with E-state index in [0.29, 0.717) is 44.6 Å². The molecule has 0 aliphatic carbocycles. The predicted octanol–water partition coefficient (Wildman–Crippen LogP) is 2.10. The summed E-state index contributed by atoms with van der Waals surface area (Å²) in [6.07, 6.45) is 6.03. The van der Waals surface area contributed by atoms with E-state index < -0.39 is 0 Å². The highest BCUT2D eigenvalue weighted by molar-refractivity contribution is 5.96. The summed E-state index contributed by atoms with van der Waals surface area (Å²) >= 11 is 0. The molecule has 1 aliphatic heterocycles. The first-order chi connectivity index (χ1) is 15.5. The van der Waals surface area contributed by atoms with E-state index in [4.69, 9.17) is 0 Å². The summed E-state index contributed by atoms with van der Waals surface area (Å²) in [7, 11) is 1.70. The van der Waals surface area contributed by atoms with Crippen LogP contribution < -0.4 is 5.56 Å². The molecule has 0 fully saturated rings. The average Bonchev–Trinajstić information content (AvgIpc) is 3.37. The molecule has 8 heteroatoms. The lowest BCUT2D eigenvalue weighted by atomic mass is 9.95. The number of H-pyrrole nitrogens is 1. The zero-order valence-electron chi connectivity index (χ0n) is 18.4. The predicted molar refractivity (Wildman–Crippen MR) is 121 cm³/mol. The molecule has 0 spiro atoms. The number of carbonyl (C=O) groups excluding carboxylic acids is 2. The smallest absolute Gasteiger partial charge is 0.263 e. The molecule has 32 heavy (non-hydrogen) atoms. The molecule has 4 rings (SSSR count). The maximum Gasteiger partial charge on any atom is 0.263 e. The van der Waals surface area contributed by atoms with Crippen LogP contribution in [0.15, 0.2) is 53.7 Å². The third kappa shape index (κ3) is 4.21. The van der Waals surface area contributed by atoms with E-state index in [1.54, 1.807) is 27.6 Å². The van der Waals surface area contributed by atoms with Crippen LogP contribution in [-0.2, 0) is 25.9 Å². The monoisotopic (exact) mass is 433 g/mol. The number of aromatic nitrogens is 3. The second-order valence-electron chi connectivity index (χ2n) is 8.03. The molecule has 3 heterocycles. The summed E-state index contributed by atoms with van der Waals surface area (Å²) in [5, 5.41) is 6.53. The minimum Gasteiger partial charge on any atom is -0.342 e. The summed E-state index contributed by atoms with van der Waals surface area (Å²) in [6, 6.07) is 9.93. The molecule has 0 saturated carbocycles. The molecule has 1 aliphatic rings. The van der Waals surface area contributed by atoms with E-state index in [1.165, 1.54) is 6.20 Å². The first-order valence-electron chi connectivity index (χ1n) is 10.8. The van der Waals surface area contributed by atoms with Crippen LogP contribution in [-0.4, -0.2) is 56.5 Å². The van der Waals surface area contributed by atoms with Crippen molar-refractivity contribution >= 4 is 11.8 Å². The molecule has 0 atom stereocenters. The zero-order chi connectivity index (χ0) is 22.7. The Morgan fingerprint density at radius 1 is 1.22 bits per heavy atom. The largest absolute Gasteiger partial charge is 0.342 e. The lowest BCUT2D eigenvalue weighted by molar-refractivity contribution is 0.0733. The van der Waals surface area contributed by atoms with Gasteiger partial charge in [-0.05, 0) is 36.5 Å². The van der Waals surface area contributed by atoms with Gasteiger partial charge in [-0.1, -0.05) is 30.3 Å². The Balaban J connectivity index is 1.70. The number of aryl methyl sites for hydroxylation is 2. The summed E-state index contributed by atoms with van der Waals surface area (Å²) in [5.74, 6) is -0.387. The van der Waals surface area contributed by atoms with Crippen LogP contribution >= 0.6 is 0 Å². The minimum atomic E-state index is -0.266. The van der Waals surface area contributed by atoms with Gasteiger partial charge in [0.05, 0.1) is 11.8 Å². The summed E-state index contributed by atoms with van der Waals surface area (Å²) in [5.41, 5.74) is 3.18. The average molecular weight is 434 g/mol. The molecular weight excluding hydrogens is 406 g/mol. The van der Waals surface area contributed by atoms with Crippen molar-refractivity contribution in [1.82, 2.24) is 24.6 Å². The van der Waals surface area contributed by atoms with Crippen LogP contribution in [0.3, 0.4) is 0 Å². The van der Waals surface area contributed by atoms with Crippen LogP contribution in [0.25, 0.3) is 0 Å². The lowest BCUT2D eigenvalue weighted by Crippen LogP contribution is -2.41. The van der Waals surface area contributed by atoms with Crippen molar-refractivity contribution in [1.29, 1.82) is 0 Å². The molecule has 0 bridgehead atoms. The van der Waals surface area contributed by atoms with Crippen LogP contribution in [0.2, 0.25) is 0 Å². The fraction of sp³-hybridized carbons (Fsp3) is 0.333. The first kappa shape index (κ1) is 21.5. The zero-order valence-corrected chi connectivity index (χ0v) is 18.4. The van der Waals surface area contributed by atoms with Crippen molar-refractivity contribution in [3.63, 3.8) is 0 Å². The maximum absolute atomic E-state index is 13.3. The molecule has 2 amide bonds. The molecule has 0 saturated heterocycles. The normalized spacial score (nSPS) is 13.0. The number of pyridine rings is 1. The van der Waals surface area contributed by atoms with Crippen LogP contribution in [0.1, 0.15) is 44.3 Å². The second kappa shape index (κ2) is 9.21. The van der Waals surface area contributed by atoms with Crippen molar-refractivity contribution in [3.8, 4) is 0 Å². The Labute approximate surface area is 186 Å². The highest BCUT2D eigenvalue weighted by atomic mass is 16.2. The van der Waals surface area contributed by atoms with Gasteiger partial charge in [-0.2, -0.15) is 5.10 Å². The fourth-order valence-electron chi connectivity index (χ4n) is 4.05. The summed E-state index contributed by atoms with van der Waals surface area (Å²) < 4.78 is 1.62. The van der Waals surface area contributed by atoms with Gasteiger partial charge in [-0.15, -0.1) is 0 Å². The van der Waals surface area contributed by atoms with Crippen molar-refractivity contribution < 1.29 is 9.59 Å². The van der Waals surface area contributed by atoms with Gasteiger partial charge in [0.1, 0.15) is 5.56 Å². The van der Waals surface area contributed by atoms with Crippen molar-refractivity contribution in [3.05, 3.63) is 87.1 Å². The molecule has 1 N–H and O–H groups in total. The standard InChI is InChI=1S/C24H27N5O3/c1-3-27(2)23(31)21-20-10-12-28(22(30)18-13-25-26-14-18)15-19(20)16-29(24(21)32)11-9-17-7-5-4-6-8-17/h4-8,13-14,16H,3,9-12,15H2,1-2H3,(H,25,26). The van der Waals surface area contributed by atoms with Crippen molar-refractivity contribution in [2.45, 2.75) is 32.9 Å². The number of amides is 2. The Morgan fingerprint density at radius 3 is 2.69 bits per heavy atom.